The number of rotatable bonds is 9. The minimum atomic E-state index is -0.919. The molecule has 4 aromatic rings. The first-order valence-corrected chi connectivity index (χ1v) is 13.7. The number of nitrogens with zero attached hydrogens (tertiary/aromatic N) is 4. The lowest BCUT2D eigenvalue weighted by Crippen LogP contribution is -2.43. The summed E-state index contributed by atoms with van der Waals surface area (Å²) in [5.41, 5.74) is 4.41. The van der Waals surface area contributed by atoms with Crippen LogP contribution in [-0.2, 0) is 17.8 Å². The summed E-state index contributed by atoms with van der Waals surface area (Å²) in [4.78, 5) is 13.9. The van der Waals surface area contributed by atoms with Gasteiger partial charge in [0.05, 0.1) is 30.5 Å². The third-order valence-corrected chi connectivity index (χ3v) is 7.64. The zero-order chi connectivity index (χ0) is 27.4. The van der Waals surface area contributed by atoms with Crippen LogP contribution < -0.4 is 0 Å². The van der Waals surface area contributed by atoms with Crippen LogP contribution in [0.5, 0.6) is 0 Å². The molecule has 1 aliphatic heterocycles. The van der Waals surface area contributed by atoms with Gasteiger partial charge in [0.1, 0.15) is 6.10 Å². The molecule has 0 bridgehead atoms. The third-order valence-electron chi connectivity index (χ3n) is 7.20. The average Bonchev–Trinajstić information content (AvgIpc) is 3.43. The van der Waals surface area contributed by atoms with E-state index in [4.69, 9.17) is 27.9 Å². The van der Waals surface area contributed by atoms with Crippen LogP contribution in [0.15, 0.2) is 79.1 Å². The predicted molar refractivity (Wildman–Crippen MR) is 151 cm³/mol. The van der Waals surface area contributed by atoms with Crippen molar-refractivity contribution in [2.75, 3.05) is 6.54 Å². The molecule has 202 valence electrons. The van der Waals surface area contributed by atoms with Crippen molar-refractivity contribution >= 4 is 29.2 Å². The Balaban J connectivity index is 1.47. The van der Waals surface area contributed by atoms with E-state index in [1.807, 2.05) is 37.4 Å². The van der Waals surface area contributed by atoms with Gasteiger partial charge in [-0.15, -0.1) is 5.10 Å². The Morgan fingerprint density at radius 1 is 1.10 bits per heavy atom. The van der Waals surface area contributed by atoms with Gasteiger partial charge >= 0.3 is 5.97 Å². The standard InChI is InChI=1S/C30H30Cl2N4O3/c1-20-14-22(30(37)38)9-10-23(20)18-35-12-5-8-27(29(35)21-6-3-2-4-7-21)39-28(19-36-13-11-33-34-36)24-15-25(31)17-26(32)16-24/h2-4,6-7,9-11,13-17,27-29H,5,8,12,18-19H2,1H3,(H,37,38)/t27-,28+,29-/m0/s1. The molecule has 3 atom stereocenters. The summed E-state index contributed by atoms with van der Waals surface area (Å²) < 4.78 is 8.71. The molecule has 1 fully saturated rings. The second-order valence-electron chi connectivity index (χ2n) is 9.91. The highest BCUT2D eigenvalue weighted by molar-refractivity contribution is 6.34. The van der Waals surface area contributed by atoms with Crippen molar-refractivity contribution in [3.05, 3.63) is 117 Å². The van der Waals surface area contributed by atoms with Crippen LogP contribution >= 0.6 is 23.2 Å². The molecule has 7 nitrogen and oxygen atoms in total. The average molecular weight is 566 g/mol. The molecule has 0 unspecified atom stereocenters. The summed E-state index contributed by atoms with van der Waals surface area (Å²) in [6.07, 6.45) is 4.84. The zero-order valence-corrected chi connectivity index (χ0v) is 23.1. The SMILES string of the molecule is Cc1cc(C(=O)O)ccc1CN1CCC[C@H](O[C@H](Cn2ccnn2)c2cc(Cl)cc(Cl)c2)[C@@H]1c1ccccc1. The maximum absolute atomic E-state index is 11.5. The number of hydrogen-bond acceptors (Lipinski definition) is 5. The second kappa shape index (κ2) is 12.3. The molecule has 0 radical (unpaired) electrons. The molecule has 3 aromatic carbocycles. The minimum absolute atomic E-state index is 0.00796. The zero-order valence-electron chi connectivity index (χ0n) is 21.6. The molecular formula is C30H30Cl2N4O3. The van der Waals surface area contributed by atoms with Gasteiger partial charge in [-0.1, -0.05) is 64.8 Å². The van der Waals surface area contributed by atoms with E-state index in [2.05, 4.69) is 39.5 Å². The highest BCUT2D eigenvalue weighted by Gasteiger charge is 2.35. The van der Waals surface area contributed by atoms with Crippen LogP contribution in [0, 0.1) is 6.92 Å². The maximum Gasteiger partial charge on any atom is 0.335 e. The number of carboxylic acids is 1. The topological polar surface area (TPSA) is 80.5 Å². The normalized spacial score (nSPS) is 18.6. The van der Waals surface area contributed by atoms with Crippen LogP contribution in [0.3, 0.4) is 0 Å². The lowest BCUT2D eigenvalue weighted by atomic mass is 9.91. The van der Waals surface area contributed by atoms with Gasteiger partial charge in [-0.25, -0.2) is 9.48 Å². The number of aromatic nitrogens is 3. The summed E-state index contributed by atoms with van der Waals surface area (Å²) in [7, 11) is 0. The van der Waals surface area contributed by atoms with Gasteiger partial charge in [-0.3, -0.25) is 4.90 Å². The minimum Gasteiger partial charge on any atom is -0.478 e. The van der Waals surface area contributed by atoms with Crippen molar-refractivity contribution in [1.29, 1.82) is 0 Å². The maximum atomic E-state index is 11.5. The Morgan fingerprint density at radius 2 is 1.87 bits per heavy atom. The summed E-state index contributed by atoms with van der Waals surface area (Å²) in [5.74, 6) is -0.919. The number of carboxylic acid groups (broad SMARTS) is 1. The summed E-state index contributed by atoms with van der Waals surface area (Å²) in [5, 5.41) is 18.6. The number of carbonyl (C=O) groups is 1. The van der Waals surface area contributed by atoms with Crippen LogP contribution in [-0.4, -0.2) is 43.6 Å². The van der Waals surface area contributed by atoms with Crippen molar-refractivity contribution in [3.63, 3.8) is 0 Å². The van der Waals surface area contributed by atoms with Gasteiger partial charge in [0.2, 0.25) is 0 Å². The Hall–Kier alpha value is -3.23. The molecule has 9 heteroatoms. The molecule has 1 N–H and O–H groups in total. The van der Waals surface area contributed by atoms with Gasteiger partial charge in [0.15, 0.2) is 0 Å². The summed E-state index contributed by atoms with van der Waals surface area (Å²) in [6.45, 7) is 4.01. The van der Waals surface area contributed by atoms with Gasteiger partial charge in [0.25, 0.3) is 0 Å². The molecular weight excluding hydrogens is 535 g/mol. The first kappa shape index (κ1) is 27.3. The van der Waals surface area contributed by atoms with E-state index < -0.39 is 5.97 Å². The fourth-order valence-corrected chi connectivity index (χ4v) is 5.89. The summed E-state index contributed by atoms with van der Waals surface area (Å²) >= 11 is 12.8. The Kier molecular flexibility index (Phi) is 8.63. The molecule has 0 aliphatic carbocycles. The molecule has 0 amide bonds. The smallest absolute Gasteiger partial charge is 0.335 e. The first-order valence-electron chi connectivity index (χ1n) is 12.9. The van der Waals surface area contributed by atoms with E-state index in [0.717, 1.165) is 36.1 Å². The van der Waals surface area contributed by atoms with E-state index in [1.54, 1.807) is 29.1 Å². The molecule has 1 aliphatic rings. The van der Waals surface area contributed by atoms with Crippen LogP contribution in [0.25, 0.3) is 0 Å². The number of benzene rings is 3. The molecule has 0 spiro atoms. The summed E-state index contributed by atoms with van der Waals surface area (Å²) in [6, 6.07) is 21.2. The number of ether oxygens (including phenoxy) is 1. The van der Waals surface area contributed by atoms with E-state index in [1.165, 1.54) is 5.56 Å². The number of likely N-dealkylation sites (tertiary alicyclic amines) is 1. The van der Waals surface area contributed by atoms with Gasteiger partial charge in [-0.2, -0.15) is 0 Å². The van der Waals surface area contributed by atoms with E-state index in [0.29, 0.717) is 28.7 Å². The van der Waals surface area contributed by atoms with Gasteiger partial charge < -0.3 is 9.84 Å². The molecule has 1 saturated heterocycles. The van der Waals surface area contributed by atoms with Gasteiger partial charge in [-0.05, 0) is 78.9 Å². The highest BCUT2D eigenvalue weighted by Crippen LogP contribution is 2.38. The van der Waals surface area contributed by atoms with E-state index in [-0.39, 0.29) is 18.2 Å². The quantitative estimate of drug-likeness (QED) is 0.242. The number of aryl methyl sites for hydroxylation is 1. The molecule has 39 heavy (non-hydrogen) atoms. The Bertz CT molecular complexity index is 1390. The van der Waals surface area contributed by atoms with Crippen molar-refractivity contribution in [2.45, 2.75) is 51.1 Å². The number of aromatic carboxylic acids is 1. The van der Waals surface area contributed by atoms with E-state index >= 15 is 0 Å². The fraction of sp³-hybridized carbons (Fsp3) is 0.300. The third kappa shape index (κ3) is 6.68. The van der Waals surface area contributed by atoms with Gasteiger partial charge in [0, 0.05) is 22.8 Å². The molecule has 5 rings (SSSR count). The largest absolute Gasteiger partial charge is 0.478 e. The van der Waals surface area contributed by atoms with Crippen LogP contribution in [0.4, 0.5) is 0 Å². The van der Waals surface area contributed by atoms with Crippen molar-refractivity contribution < 1.29 is 14.6 Å². The Labute approximate surface area is 237 Å². The lowest BCUT2D eigenvalue weighted by Gasteiger charge is -2.43. The Morgan fingerprint density at radius 3 is 2.54 bits per heavy atom. The van der Waals surface area contributed by atoms with E-state index in [9.17, 15) is 9.90 Å². The first-order chi connectivity index (χ1) is 18.9. The van der Waals surface area contributed by atoms with Crippen molar-refractivity contribution in [1.82, 2.24) is 19.9 Å². The number of piperidine rings is 1. The molecule has 2 heterocycles. The predicted octanol–water partition coefficient (Wildman–Crippen LogP) is 6.76. The molecule has 1 aromatic heterocycles. The van der Waals surface area contributed by atoms with Crippen molar-refractivity contribution in [2.24, 2.45) is 0 Å². The van der Waals surface area contributed by atoms with Crippen LogP contribution in [0.1, 0.15) is 57.6 Å². The van der Waals surface area contributed by atoms with Crippen molar-refractivity contribution in [3.8, 4) is 0 Å². The molecule has 0 saturated carbocycles. The second-order valence-corrected chi connectivity index (χ2v) is 10.8. The number of hydrogen-bond donors (Lipinski definition) is 1. The number of halogens is 2. The van der Waals surface area contributed by atoms with Crippen LogP contribution in [0.2, 0.25) is 10.0 Å². The fourth-order valence-electron chi connectivity index (χ4n) is 5.35. The highest BCUT2D eigenvalue weighted by atomic mass is 35.5. The monoisotopic (exact) mass is 564 g/mol. The lowest BCUT2D eigenvalue weighted by molar-refractivity contribution is -0.0921.